The van der Waals surface area contributed by atoms with Crippen LogP contribution >= 0.6 is 11.3 Å². The third-order valence-electron chi connectivity index (χ3n) is 4.55. The molecule has 1 aromatic heterocycles. The van der Waals surface area contributed by atoms with Gasteiger partial charge in [0, 0.05) is 26.2 Å². The molecule has 1 atom stereocenters. The number of hydrogen-bond acceptors (Lipinski definition) is 7. The summed E-state index contributed by atoms with van der Waals surface area (Å²) in [5.41, 5.74) is -0.669. The fourth-order valence-corrected chi connectivity index (χ4v) is 3.59. The van der Waals surface area contributed by atoms with E-state index in [2.05, 4.69) is 10.2 Å². The van der Waals surface area contributed by atoms with E-state index in [9.17, 15) is 19.8 Å². The molecule has 2 aliphatic rings. The van der Waals surface area contributed by atoms with Crippen molar-refractivity contribution >= 4 is 28.3 Å². The van der Waals surface area contributed by atoms with Gasteiger partial charge in [0.05, 0.1) is 17.9 Å². The minimum absolute atomic E-state index is 0.124. The Hall–Kier alpha value is -1.74. The maximum atomic E-state index is 12.6. The van der Waals surface area contributed by atoms with Gasteiger partial charge in [-0.05, 0) is 19.8 Å². The number of nitrogens with zero attached hydrogens (tertiary/aromatic N) is 4. The van der Waals surface area contributed by atoms with Crippen LogP contribution in [0.25, 0.3) is 0 Å². The summed E-state index contributed by atoms with van der Waals surface area (Å²) in [5.74, 6) is -1.73. The highest BCUT2D eigenvalue weighted by atomic mass is 32.1. The van der Waals surface area contributed by atoms with Gasteiger partial charge in [-0.25, -0.2) is 0 Å². The van der Waals surface area contributed by atoms with E-state index in [0.29, 0.717) is 37.6 Å². The molecule has 0 radical (unpaired) electrons. The molecular weight excluding hydrogens is 320 g/mol. The lowest BCUT2D eigenvalue weighted by Crippen LogP contribution is -2.43. The van der Waals surface area contributed by atoms with Crippen LogP contribution in [0.15, 0.2) is 0 Å². The van der Waals surface area contributed by atoms with Gasteiger partial charge in [-0.3, -0.25) is 9.59 Å². The minimum atomic E-state index is -0.926. The molecule has 126 valence electrons. The summed E-state index contributed by atoms with van der Waals surface area (Å²) in [6.07, 6.45) is 1.35. The zero-order valence-electron chi connectivity index (χ0n) is 12.9. The molecule has 3 rings (SSSR count). The smallest absolute Gasteiger partial charge is 0.310 e. The van der Waals surface area contributed by atoms with Gasteiger partial charge in [0.2, 0.25) is 11.0 Å². The summed E-state index contributed by atoms with van der Waals surface area (Å²) in [6.45, 7) is 3.11. The minimum Gasteiger partial charge on any atom is -0.481 e. The summed E-state index contributed by atoms with van der Waals surface area (Å²) in [4.78, 5) is 27.6. The monoisotopic (exact) mass is 340 g/mol. The van der Waals surface area contributed by atoms with Gasteiger partial charge in [-0.1, -0.05) is 11.3 Å². The van der Waals surface area contributed by atoms with Crippen molar-refractivity contribution in [1.82, 2.24) is 15.1 Å². The van der Waals surface area contributed by atoms with E-state index < -0.39 is 17.3 Å². The van der Waals surface area contributed by atoms with Gasteiger partial charge in [-0.15, -0.1) is 10.2 Å². The number of carboxylic acid groups (broad SMARTS) is 1. The molecule has 2 fully saturated rings. The van der Waals surface area contributed by atoms with Crippen molar-refractivity contribution < 1.29 is 19.8 Å². The summed E-state index contributed by atoms with van der Waals surface area (Å²) < 4.78 is 0. The summed E-state index contributed by atoms with van der Waals surface area (Å²) in [6, 6.07) is 0. The third kappa shape index (κ3) is 3.16. The van der Waals surface area contributed by atoms with Crippen molar-refractivity contribution in [3.8, 4) is 0 Å². The van der Waals surface area contributed by atoms with E-state index in [0.717, 1.165) is 5.01 Å². The first-order chi connectivity index (χ1) is 10.9. The summed E-state index contributed by atoms with van der Waals surface area (Å²) in [7, 11) is 0. The van der Waals surface area contributed by atoms with Crippen molar-refractivity contribution in [3.05, 3.63) is 5.01 Å². The summed E-state index contributed by atoms with van der Waals surface area (Å²) in [5, 5.41) is 28.5. The zero-order chi connectivity index (χ0) is 16.6. The lowest BCUT2D eigenvalue weighted by atomic mass is 10.0. The number of carbonyl (C=O) groups is 2. The highest BCUT2D eigenvalue weighted by Crippen LogP contribution is 2.46. The predicted octanol–water partition coefficient (Wildman–Crippen LogP) is -0.0316. The van der Waals surface area contributed by atoms with Gasteiger partial charge in [0.1, 0.15) is 5.01 Å². The van der Waals surface area contributed by atoms with Gasteiger partial charge >= 0.3 is 5.97 Å². The first-order valence-corrected chi connectivity index (χ1v) is 8.45. The molecule has 0 spiro atoms. The quantitative estimate of drug-likeness (QED) is 0.792. The van der Waals surface area contributed by atoms with Crippen molar-refractivity contribution in [2.75, 3.05) is 37.7 Å². The van der Waals surface area contributed by atoms with Gasteiger partial charge < -0.3 is 20.0 Å². The number of amides is 1. The largest absolute Gasteiger partial charge is 0.481 e. The van der Waals surface area contributed by atoms with Crippen molar-refractivity contribution in [1.29, 1.82) is 0 Å². The average molecular weight is 340 g/mol. The number of carboxylic acids is 1. The maximum Gasteiger partial charge on any atom is 0.310 e. The van der Waals surface area contributed by atoms with E-state index in [1.54, 1.807) is 4.90 Å². The molecule has 0 bridgehead atoms. The Morgan fingerprint density at radius 1 is 1.30 bits per heavy atom. The fraction of sp³-hybridized carbons (Fsp3) is 0.714. The number of hydrogen-bond donors (Lipinski definition) is 2. The molecule has 1 aliphatic carbocycles. The zero-order valence-corrected chi connectivity index (χ0v) is 13.8. The number of rotatable bonds is 4. The maximum absolute atomic E-state index is 12.6. The molecule has 2 N–H and O–H groups in total. The van der Waals surface area contributed by atoms with Crippen LogP contribution in [0, 0.1) is 18.3 Å². The lowest BCUT2D eigenvalue weighted by Gasteiger charge is -2.26. The third-order valence-corrected chi connectivity index (χ3v) is 5.45. The SMILES string of the molecule is Cc1nnc(N2CCN(C(=O)C3(CO)CC3)CC(C(=O)O)C2)s1. The molecular formula is C14H20N4O4S. The van der Waals surface area contributed by atoms with Crippen LogP contribution in [0.1, 0.15) is 17.8 Å². The van der Waals surface area contributed by atoms with E-state index in [-0.39, 0.29) is 19.1 Å². The van der Waals surface area contributed by atoms with Crippen LogP contribution in [0.5, 0.6) is 0 Å². The standard InChI is InChI=1S/C14H20N4O4S/c1-9-15-16-13(23-9)18-5-4-17(6-10(7-18)11(20)21)12(22)14(8-19)2-3-14/h10,19H,2-8H2,1H3,(H,20,21). The average Bonchev–Trinajstić information content (AvgIpc) is 3.26. The van der Waals surface area contributed by atoms with Crippen molar-refractivity contribution in [2.45, 2.75) is 19.8 Å². The second kappa shape index (κ2) is 6.04. The second-order valence-electron chi connectivity index (χ2n) is 6.27. The van der Waals surface area contributed by atoms with E-state index >= 15 is 0 Å². The number of aryl methyl sites for hydroxylation is 1. The second-order valence-corrected chi connectivity index (χ2v) is 7.43. The van der Waals surface area contributed by atoms with Crippen LogP contribution in [0.4, 0.5) is 5.13 Å². The highest BCUT2D eigenvalue weighted by Gasteiger charge is 2.51. The molecule has 1 aromatic rings. The Balaban J connectivity index is 1.78. The first kappa shape index (κ1) is 16.1. The first-order valence-electron chi connectivity index (χ1n) is 7.63. The predicted molar refractivity (Wildman–Crippen MR) is 83.3 cm³/mol. The topological polar surface area (TPSA) is 107 Å². The van der Waals surface area contributed by atoms with Crippen molar-refractivity contribution in [3.63, 3.8) is 0 Å². The fourth-order valence-electron chi connectivity index (χ4n) is 2.87. The van der Waals surface area contributed by atoms with Gasteiger partial charge in [-0.2, -0.15) is 0 Å². The molecule has 0 aromatic carbocycles. The number of anilines is 1. The molecule has 1 aliphatic heterocycles. The van der Waals surface area contributed by atoms with Gasteiger partial charge in [0.15, 0.2) is 0 Å². The summed E-state index contributed by atoms with van der Waals surface area (Å²) >= 11 is 1.42. The Morgan fingerprint density at radius 3 is 2.57 bits per heavy atom. The number of aliphatic hydroxyl groups is 1. The van der Waals surface area contributed by atoms with Crippen LogP contribution in [-0.2, 0) is 9.59 Å². The Bertz CT molecular complexity index is 616. The van der Waals surface area contributed by atoms with Crippen LogP contribution < -0.4 is 4.90 Å². The Morgan fingerprint density at radius 2 is 2.04 bits per heavy atom. The molecule has 9 heteroatoms. The molecule has 1 amide bonds. The highest BCUT2D eigenvalue weighted by molar-refractivity contribution is 7.15. The molecule has 1 saturated heterocycles. The Kier molecular flexibility index (Phi) is 4.24. The normalized spacial score (nSPS) is 23.5. The van der Waals surface area contributed by atoms with Gasteiger partial charge in [0.25, 0.3) is 0 Å². The van der Waals surface area contributed by atoms with Crippen LogP contribution in [0.2, 0.25) is 0 Å². The molecule has 1 unspecified atom stereocenters. The van der Waals surface area contributed by atoms with Crippen LogP contribution in [-0.4, -0.2) is 70.0 Å². The number of carbonyl (C=O) groups excluding carboxylic acids is 1. The van der Waals surface area contributed by atoms with Crippen molar-refractivity contribution in [2.24, 2.45) is 11.3 Å². The van der Waals surface area contributed by atoms with E-state index in [1.807, 2.05) is 11.8 Å². The molecule has 1 saturated carbocycles. The number of aliphatic carboxylic acids is 1. The van der Waals surface area contributed by atoms with E-state index in [4.69, 9.17) is 0 Å². The number of aliphatic hydroxyl groups excluding tert-OH is 1. The molecule has 2 heterocycles. The molecule has 8 nitrogen and oxygen atoms in total. The lowest BCUT2D eigenvalue weighted by molar-refractivity contribution is -0.144. The van der Waals surface area contributed by atoms with Crippen LogP contribution in [0.3, 0.4) is 0 Å². The molecule has 23 heavy (non-hydrogen) atoms. The van der Waals surface area contributed by atoms with E-state index in [1.165, 1.54) is 11.3 Å². The number of aromatic nitrogens is 2. The Labute approximate surface area is 137 Å².